The maximum absolute atomic E-state index is 13.5. The van der Waals surface area contributed by atoms with Gasteiger partial charge in [-0.3, -0.25) is 25.4 Å². The van der Waals surface area contributed by atoms with Crippen LogP contribution in [0.5, 0.6) is 5.75 Å². The number of amides is 2. The molecule has 3 aromatic rings. The Morgan fingerprint density at radius 1 is 1.17 bits per heavy atom. The van der Waals surface area contributed by atoms with E-state index in [0.717, 1.165) is 5.56 Å². The Morgan fingerprint density at radius 2 is 1.93 bits per heavy atom. The summed E-state index contributed by atoms with van der Waals surface area (Å²) in [5.41, 5.74) is 5.24. The number of hydrogen-bond acceptors (Lipinski definition) is 7. The van der Waals surface area contributed by atoms with E-state index in [1.807, 2.05) is 0 Å². The van der Waals surface area contributed by atoms with Gasteiger partial charge in [0.1, 0.15) is 0 Å². The Bertz CT molecular complexity index is 979. The predicted octanol–water partition coefficient (Wildman–Crippen LogP) is 1.82. The van der Waals surface area contributed by atoms with Crippen molar-refractivity contribution >= 4 is 11.8 Å². The summed E-state index contributed by atoms with van der Waals surface area (Å²) < 4.78 is 23.9. The Labute approximate surface area is 165 Å². The first-order chi connectivity index (χ1) is 14.0. The molecule has 3 rings (SSSR count). The SMILES string of the molecule is CC(Oc1ccccc1F)C(=O)NNC(=O)CCc1nc(-c2ccncc2)no1. The molecule has 0 saturated heterocycles. The number of nitrogens with zero attached hydrogens (tertiary/aromatic N) is 3. The zero-order valence-electron chi connectivity index (χ0n) is 15.5. The number of hydrazine groups is 1. The lowest BCUT2D eigenvalue weighted by molar-refractivity contribution is -0.132. The molecular weight excluding hydrogens is 381 g/mol. The molecule has 0 fully saturated rings. The van der Waals surface area contributed by atoms with E-state index in [-0.39, 0.29) is 24.5 Å². The second-order valence-electron chi connectivity index (χ2n) is 5.98. The molecule has 1 unspecified atom stereocenters. The monoisotopic (exact) mass is 399 g/mol. The number of carbonyl (C=O) groups is 2. The van der Waals surface area contributed by atoms with Crippen LogP contribution in [0.4, 0.5) is 4.39 Å². The van der Waals surface area contributed by atoms with Crippen LogP contribution in [0.25, 0.3) is 11.4 Å². The molecule has 2 amide bonds. The molecule has 2 N–H and O–H groups in total. The average molecular weight is 399 g/mol. The van der Waals surface area contributed by atoms with Gasteiger partial charge in [0.25, 0.3) is 5.91 Å². The highest BCUT2D eigenvalue weighted by molar-refractivity contribution is 5.84. The van der Waals surface area contributed by atoms with Crippen molar-refractivity contribution in [3.05, 3.63) is 60.5 Å². The minimum absolute atomic E-state index is 0.0147. The summed E-state index contributed by atoms with van der Waals surface area (Å²) in [6, 6.07) is 9.20. The predicted molar refractivity (Wildman–Crippen MR) is 98.6 cm³/mol. The summed E-state index contributed by atoms with van der Waals surface area (Å²) in [5.74, 6) is -1.03. The molecule has 0 spiro atoms. The van der Waals surface area contributed by atoms with Gasteiger partial charge in [-0.15, -0.1) is 0 Å². The second kappa shape index (κ2) is 9.40. The summed E-state index contributed by atoms with van der Waals surface area (Å²) >= 11 is 0. The maximum atomic E-state index is 13.5. The van der Waals surface area contributed by atoms with Crippen LogP contribution < -0.4 is 15.6 Å². The van der Waals surface area contributed by atoms with Gasteiger partial charge in [-0.1, -0.05) is 17.3 Å². The van der Waals surface area contributed by atoms with Crippen molar-refractivity contribution in [2.24, 2.45) is 0 Å². The number of nitrogens with one attached hydrogen (secondary N) is 2. The van der Waals surface area contributed by atoms with E-state index in [0.29, 0.717) is 5.82 Å². The second-order valence-corrected chi connectivity index (χ2v) is 5.98. The molecule has 150 valence electrons. The van der Waals surface area contributed by atoms with Gasteiger partial charge >= 0.3 is 0 Å². The lowest BCUT2D eigenvalue weighted by atomic mass is 10.2. The minimum Gasteiger partial charge on any atom is -0.478 e. The van der Waals surface area contributed by atoms with Crippen molar-refractivity contribution in [1.82, 2.24) is 26.0 Å². The number of benzene rings is 1. The Kier molecular flexibility index (Phi) is 6.46. The summed E-state index contributed by atoms with van der Waals surface area (Å²) in [6.45, 7) is 1.44. The Balaban J connectivity index is 1.42. The molecular formula is C19H18FN5O4. The van der Waals surface area contributed by atoms with Crippen LogP contribution in [-0.2, 0) is 16.0 Å². The number of para-hydroxylation sites is 1. The van der Waals surface area contributed by atoms with Gasteiger partial charge in [-0.05, 0) is 31.2 Å². The van der Waals surface area contributed by atoms with Gasteiger partial charge in [-0.2, -0.15) is 4.98 Å². The molecule has 0 radical (unpaired) electrons. The van der Waals surface area contributed by atoms with Crippen LogP contribution >= 0.6 is 0 Å². The van der Waals surface area contributed by atoms with E-state index < -0.39 is 23.7 Å². The lowest BCUT2D eigenvalue weighted by Crippen LogP contribution is -2.47. The third-order valence-corrected chi connectivity index (χ3v) is 3.81. The first kappa shape index (κ1) is 19.9. The molecule has 1 aromatic carbocycles. The van der Waals surface area contributed by atoms with Gasteiger partial charge in [0.05, 0.1) is 0 Å². The molecule has 0 aliphatic heterocycles. The van der Waals surface area contributed by atoms with Crippen LogP contribution in [0.15, 0.2) is 53.3 Å². The van der Waals surface area contributed by atoms with Crippen molar-refractivity contribution in [3.63, 3.8) is 0 Å². The van der Waals surface area contributed by atoms with E-state index >= 15 is 0 Å². The van der Waals surface area contributed by atoms with Crippen LogP contribution in [-0.4, -0.2) is 33.0 Å². The van der Waals surface area contributed by atoms with Crippen LogP contribution in [0.1, 0.15) is 19.2 Å². The summed E-state index contributed by atoms with van der Waals surface area (Å²) in [5, 5.41) is 3.85. The van der Waals surface area contributed by atoms with Crippen molar-refractivity contribution in [2.75, 3.05) is 0 Å². The fourth-order valence-corrected chi connectivity index (χ4v) is 2.27. The fourth-order valence-electron chi connectivity index (χ4n) is 2.27. The van der Waals surface area contributed by atoms with Gasteiger partial charge in [0.15, 0.2) is 17.7 Å². The minimum atomic E-state index is -1.01. The molecule has 9 nitrogen and oxygen atoms in total. The highest BCUT2D eigenvalue weighted by Gasteiger charge is 2.17. The number of rotatable bonds is 7. The smallest absolute Gasteiger partial charge is 0.279 e. The standard InChI is InChI=1S/C19H18FN5O4/c1-12(28-15-5-3-2-4-14(15)20)19(27)24-23-16(26)6-7-17-22-18(25-29-17)13-8-10-21-11-9-13/h2-5,8-12H,6-7H2,1H3,(H,23,26)(H,24,27). The summed E-state index contributed by atoms with van der Waals surface area (Å²) in [4.78, 5) is 32.0. The van der Waals surface area contributed by atoms with E-state index in [1.54, 1.807) is 30.6 Å². The molecule has 0 aliphatic carbocycles. The third-order valence-electron chi connectivity index (χ3n) is 3.81. The number of halogens is 1. The van der Waals surface area contributed by atoms with Crippen molar-refractivity contribution < 1.29 is 23.2 Å². The molecule has 1 atom stereocenters. The van der Waals surface area contributed by atoms with Gasteiger partial charge in [-0.25, -0.2) is 4.39 Å². The first-order valence-corrected chi connectivity index (χ1v) is 8.76. The molecule has 2 aromatic heterocycles. The molecule has 29 heavy (non-hydrogen) atoms. The van der Waals surface area contributed by atoms with E-state index in [9.17, 15) is 14.0 Å². The highest BCUT2D eigenvalue weighted by atomic mass is 19.1. The zero-order valence-corrected chi connectivity index (χ0v) is 15.5. The maximum Gasteiger partial charge on any atom is 0.279 e. The number of hydrogen-bond donors (Lipinski definition) is 2. The fraction of sp³-hybridized carbons (Fsp3) is 0.211. The highest BCUT2D eigenvalue weighted by Crippen LogP contribution is 2.17. The molecule has 0 bridgehead atoms. The number of aryl methyl sites for hydroxylation is 1. The Hall–Kier alpha value is -3.82. The average Bonchev–Trinajstić information content (AvgIpc) is 3.22. The van der Waals surface area contributed by atoms with Crippen molar-refractivity contribution in [1.29, 1.82) is 0 Å². The van der Waals surface area contributed by atoms with E-state index in [4.69, 9.17) is 9.26 Å². The quantitative estimate of drug-likeness (QED) is 0.582. The Morgan fingerprint density at radius 3 is 2.69 bits per heavy atom. The number of ether oxygens (including phenoxy) is 1. The molecule has 0 saturated carbocycles. The topological polar surface area (TPSA) is 119 Å². The molecule has 0 aliphatic rings. The lowest BCUT2D eigenvalue weighted by Gasteiger charge is -2.15. The van der Waals surface area contributed by atoms with Crippen LogP contribution in [0, 0.1) is 5.82 Å². The van der Waals surface area contributed by atoms with Crippen LogP contribution in [0.2, 0.25) is 0 Å². The number of carbonyl (C=O) groups excluding carboxylic acids is 2. The number of aromatic nitrogens is 3. The first-order valence-electron chi connectivity index (χ1n) is 8.76. The van der Waals surface area contributed by atoms with Crippen LogP contribution in [0.3, 0.4) is 0 Å². The molecule has 10 heteroatoms. The third kappa shape index (κ3) is 5.58. The number of pyridine rings is 1. The zero-order chi connectivity index (χ0) is 20.6. The summed E-state index contributed by atoms with van der Waals surface area (Å²) in [7, 11) is 0. The van der Waals surface area contributed by atoms with E-state index in [2.05, 4.69) is 26.0 Å². The van der Waals surface area contributed by atoms with E-state index in [1.165, 1.54) is 25.1 Å². The largest absolute Gasteiger partial charge is 0.478 e. The van der Waals surface area contributed by atoms with Gasteiger partial charge in [0, 0.05) is 30.8 Å². The van der Waals surface area contributed by atoms with Crippen molar-refractivity contribution in [2.45, 2.75) is 25.9 Å². The molecule has 2 heterocycles. The summed E-state index contributed by atoms with van der Waals surface area (Å²) in [6.07, 6.45) is 2.42. The van der Waals surface area contributed by atoms with Crippen molar-refractivity contribution in [3.8, 4) is 17.1 Å². The van der Waals surface area contributed by atoms with Gasteiger partial charge < -0.3 is 9.26 Å². The normalized spacial score (nSPS) is 11.5. The van der Waals surface area contributed by atoms with Gasteiger partial charge in [0.2, 0.25) is 17.6 Å².